The molecule has 0 aliphatic carbocycles. The Morgan fingerprint density at radius 1 is 1.56 bits per heavy atom. The van der Waals surface area contributed by atoms with Gasteiger partial charge < -0.3 is 21.0 Å². The van der Waals surface area contributed by atoms with E-state index in [1.807, 2.05) is 13.8 Å². The first-order valence-electron chi connectivity index (χ1n) is 5.16. The van der Waals surface area contributed by atoms with Gasteiger partial charge in [-0.3, -0.25) is 4.79 Å². The quantitative estimate of drug-likeness (QED) is 0.265. The Morgan fingerprint density at radius 3 is 2.56 bits per heavy atom. The summed E-state index contributed by atoms with van der Waals surface area (Å²) in [5, 5.41) is 14.1. The molecule has 0 fully saturated rings. The molecule has 0 atom stereocenters. The van der Waals surface area contributed by atoms with Crippen LogP contribution in [0.2, 0.25) is 0 Å². The van der Waals surface area contributed by atoms with Crippen LogP contribution in [-0.2, 0) is 9.53 Å². The molecule has 0 aromatic heterocycles. The van der Waals surface area contributed by atoms with Gasteiger partial charge >= 0.3 is 0 Å². The highest BCUT2D eigenvalue weighted by molar-refractivity contribution is 5.86. The van der Waals surface area contributed by atoms with E-state index < -0.39 is 5.41 Å². The fourth-order valence-corrected chi connectivity index (χ4v) is 0.839. The molecule has 16 heavy (non-hydrogen) atoms. The molecule has 0 radical (unpaired) electrons. The fourth-order valence-electron chi connectivity index (χ4n) is 0.839. The topological polar surface area (TPSA) is 96.9 Å². The molecule has 0 aliphatic heterocycles. The normalized spacial score (nSPS) is 12.9. The standard InChI is InChI=1S/C10H21N3O3/c1-7(2)16-5-8(14)12-6-10(3,4)9(11)13-15/h7,15H,5-6H2,1-4H3,(H2,11,13)(H,12,14). The lowest BCUT2D eigenvalue weighted by molar-refractivity contribution is -0.127. The summed E-state index contributed by atoms with van der Waals surface area (Å²) < 4.78 is 5.13. The molecule has 6 heteroatoms. The Kier molecular flexibility index (Phi) is 5.81. The van der Waals surface area contributed by atoms with E-state index in [1.54, 1.807) is 13.8 Å². The van der Waals surface area contributed by atoms with E-state index in [2.05, 4.69) is 10.5 Å². The number of amidine groups is 1. The smallest absolute Gasteiger partial charge is 0.246 e. The minimum absolute atomic E-state index is 0.0165. The van der Waals surface area contributed by atoms with Crippen molar-refractivity contribution in [1.29, 1.82) is 0 Å². The molecule has 4 N–H and O–H groups in total. The van der Waals surface area contributed by atoms with Gasteiger partial charge in [-0.15, -0.1) is 0 Å². The lowest BCUT2D eigenvalue weighted by Crippen LogP contribution is -2.43. The minimum Gasteiger partial charge on any atom is -0.409 e. The minimum atomic E-state index is -0.581. The highest BCUT2D eigenvalue weighted by Gasteiger charge is 2.24. The van der Waals surface area contributed by atoms with Crippen LogP contribution in [0.1, 0.15) is 27.7 Å². The molecule has 0 aromatic rings. The molecule has 94 valence electrons. The Labute approximate surface area is 95.8 Å². The number of hydrogen-bond donors (Lipinski definition) is 3. The van der Waals surface area contributed by atoms with Crippen LogP contribution in [0.3, 0.4) is 0 Å². The number of rotatable bonds is 6. The predicted molar refractivity (Wildman–Crippen MR) is 61.3 cm³/mol. The molecule has 1 amide bonds. The molecule has 0 saturated carbocycles. The van der Waals surface area contributed by atoms with Gasteiger partial charge in [0.1, 0.15) is 12.4 Å². The van der Waals surface area contributed by atoms with E-state index in [-0.39, 0.29) is 24.5 Å². The first kappa shape index (κ1) is 14.7. The van der Waals surface area contributed by atoms with Crippen LogP contribution >= 0.6 is 0 Å². The number of amides is 1. The van der Waals surface area contributed by atoms with E-state index in [0.717, 1.165) is 0 Å². The van der Waals surface area contributed by atoms with Crippen molar-refractivity contribution in [3.63, 3.8) is 0 Å². The van der Waals surface area contributed by atoms with Crippen molar-refractivity contribution in [2.45, 2.75) is 33.8 Å². The molecule has 0 heterocycles. The van der Waals surface area contributed by atoms with E-state index in [0.29, 0.717) is 6.54 Å². The maximum atomic E-state index is 11.3. The van der Waals surface area contributed by atoms with Gasteiger partial charge in [0.25, 0.3) is 0 Å². The molecule has 0 aliphatic rings. The summed E-state index contributed by atoms with van der Waals surface area (Å²) in [5.41, 5.74) is 4.90. The number of oxime groups is 1. The van der Waals surface area contributed by atoms with Gasteiger partial charge in [-0.25, -0.2) is 0 Å². The van der Waals surface area contributed by atoms with Crippen molar-refractivity contribution in [2.75, 3.05) is 13.2 Å². The summed E-state index contributed by atoms with van der Waals surface area (Å²) in [4.78, 5) is 11.3. The third kappa shape index (κ3) is 5.55. The lowest BCUT2D eigenvalue weighted by atomic mass is 9.92. The van der Waals surface area contributed by atoms with Crippen LogP contribution in [0.25, 0.3) is 0 Å². The number of nitrogens with two attached hydrogens (primary N) is 1. The highest BCUT2D eigenvalue weighted by Crippen LogP contribution is 2.12. The summed E-state index contributed by atoms with van der Waals surface area (Å²) >= 11 is 0. The monoisotopic (exact) mass is 231 g/mol. The van der Waals surface area contributed by atoms with Crippen molar-refractivity contribution < 1.29 is 14.7 Å². The summed E-state index contributed by atoms with van der Waals surface area (Å²) in [7, 11) is 0. The number of carbonyl (C=O) groups is 1. The molecule has 6 nitrogen and oxygen atoms in total. The Bertz CT molecular complexity index is 262. The zero-order valence-electron chi connectivity index (χ0n) is 10.3. The van der Waals surface area contributed by atoms with Gasteiger partial charge in [0.2, 0.25) is 5.91 Å². The summed E-state index contributed by atoms with van der Waals surface area (Å²) in [6.07, 6.45) is 0.0165. The molecule has 0 rings (SSSR count). The van der Waals surface area contributed by atoms with E-state index >= 15 is 0 Å². The van der Waals surface area contributed by atoms with Crippen LogP contribution < -0.4 is 11.1 Å². The molecule has 0 spiro atoms. The Hall–Kier alpha value is -1.30. The first-order valence-corrected chi connectivity index (χ1v) is 5.16. The largest absolute Gasteiger partial charge is 0.409 e. The zero-order valence-corrected chi connectivity index (χ0v) is 10.3. The third-order valence-electron chi connectivity index (χ3n) is 2.08. The second-order valence-electron chi connectivity index (χ2n) is 4.51. The van der Waals surface area contributed by atoms with Crippen molar-refractivity contribution in [3.8, 4) is 0 Å². The maximum absolute atomic E-state index is 11.3. The number of nitrogens with one attached hydrogen (secondary N) is 1. The van der Waals surface area contributed by atoms with Gasteiger partial charge in [-0.2, -0.15) is 0 Å². The van der Waals surface area contributed by atoms with E-state index in [9.17, 15) is 4.79 Å². The van der Waals surface area contributed by atoms with Crippen molar-refractivity contribution in [2.24, 2.45) is 16.3 Å². The molecule has 0 aromatic carbocycles. The summed E-state index contributed by atoms with van der Waals surface area (Å²) in [6, 6.07) is 0. The number of hydrogen-bond acceptors (Lipinski definition) is 4. The van der Waals surface area contributed by atoms with Gasteiger partial charge in [-0.05, 0) is 13.8 Å². The summed E-state index contributed by atoms with van der Waals surface area (Å²) in [6.45, 7) is 7.56. The molecule has 0 unspecified atom stereocenters. The summed E-state index contributed by atoms with van der Waals surface area (Å²) in [5.74, 6) is -0.134. The van der Waals surface area contributed by atoms with E-state index in [4.69, 9.17) is 15.7 Å². The van der Waals surface area contributed by atoms with Crippen LogP contribution in [0.5, 0.6) is 0 Å². The van der Waals surface area contributed by atoms with Gasteiger partial charge in [-0.1, -0.05) is 19.0 Å². The molecule has 0 bridgehead atoms. The van der Waals surface area contributed by atoms with E-state index in [1.165, 1.54) is 0 Å². The van der Waals surface area contributed by atoms with Gasteiger partial charge in [0.05, 0.1) is 6.10 Å². The average molecular weight is 231 g/mol. The second kappa shape index (κ2) is 6.32. The van der Waals surface area contributed by atoms with Crippen LogP contribution in [0.4, 0.5) is 0 Å². The van der Waals surface area contributed by atoms with Gasteiger partial charge in [0, 0.05) is 12.0 Å². The van der Waals surface area contributed by atoms with Crippen molar-refractivity contribution in [3.05, 3.63) is 0 Å². The lowest BCUT2D eigenvalue weighted by Gasteiger charge is -2.23. The van der Waals surface area contributed by atoms with Crippen LogP contribution in [0, 0.1) is 5.41 Å². The maximum Gasteiger partial charge on any atom is 0.246 e. The Balaban J connectivity index is 4.00. The average Bonchev–Trinajstić information content (AvgIpc) is 2.22. The highest BCUT2D eigenvalue weighted by atomic mass is 16.5. The Morgan fingerprint density at radius 2 is 2.12 bits per heavy atom. The van der Waals surface area contributed by atoms with Crippen molar-refractivity contribution in [1.82, 2.24) is 5.32 Å². The molecular formula is C10H21N3O3. The van der Waals surface area contributed by atoms with Gasteiger partial charge in [0.15, 0.2) is 0 Å². The molecular weight excluding hydrogens is 210 g/mol. The third-order valence-corrected chi connectivity index (χ3v) is 2.08. The number of carbonyl (C=O) groups excluding carboxylic acids is 1. The predicted octanol–water partition coefficient (Wildman–Crippen LogP) is 0.300. The second-order valence-corrected chi connectivity index (χ2v) is 4.51. The van der Waals surface area contributed by atoms with Crippen LogP contribution in [-0.4, -0.2) is 36.2 Å². The molecule has 0 saturated heterocycles. The van der Waals surface area contributed by atoms with Crippen molar-refractivity contribution >= 4 is 11.7 Å². The fraction of sp³-hybridized carbons (Fsp3) is 0.800. The number of nitrogens with zero attached hydrogens (tertiary/aromatic N) is 1. The van der Waals surface area contributed by atoms with Crippen LogP contribution in [0.15, 0.2) is 5.16 Å². The SMILES string of the molecule is CC(C)OCC(=O)NCC(C)(C)C(N)=NO. The zero-order chi connectivity index (χ0) is 12.8. The number of ether oxygens (including phenoxy) is 1. The first-order chi connectivity index (χ1) is 7.29.